The Balaban J connectivity index is 2.05. The van der Waals surface area contributed by atoms with E-state index in [0.29, 0.717) is 6.42 Å². The molecule has 47 heavy (non-hydrogen) atoms. The molecule has 6 unspecified atom stereocenters. The fourth-order valence-corrected chi connectivity index (χ4v) is 5.47. The predicted molar refractivity (Wildman–Crippen MR) is 183 cm³/mol. The van der Waals surface area contributed by atoms with Crippen LogP contribution in [-0.4, -0.2) is 89.0 Å². The standard InChI is InChI=1S/C37H66O10/c1-3-4-5-6-7-8-9-10-11-12-13-14-15-16-17-18-19-20-21-22-23-24-25-26-33(40)46-31(28-44-30(2)39)29-45-37-36(43)35(42)34(41)32(27-38)47-37/h9-10,12-13,31-32,34-38,41-43H,3-8,11,14-29H2,1-2H3/b10-9-,13-12-. The molecule has 0 amide bonds. The molecule has 1 rings (SSSR count). The molecular weight excluding hydrogens is 604 g/mol. The van der Waals surface area contributed by atoms with E-state index in [9.17, 15) is 30.0 Å². The van der Waals surface area contributed by atoms with Crippen molar-refractivity contribution >= 4 is 11.9 Å². The third-order valence-corrected chi connectivity index (χ3v) is 8.40. The molecule has 0 spiro atoms. The largest absolute Gasteiger partial charge is 0.462 e. The van der Waals surface area contributed by atoms with Crippen molar-refractivity contribution in [3.05, 3.63) is 24.3 Å². The van der Waals surface area contributed by atoms with Crippen molar-refractivity contribution in [3.8, 4) is 0 Å². The van der Waals surface area contributed by atoms with Crippen LogP contribution in [0.2, 0.25) is 0 Å². The molecule has 0 aromatic heterocycles. The van der Waals surface area contributed by atoms with Gasteiger partial charge < -0.3 is 39.4 Å². The zero-order valence-corrected chi connectivity index (χ0v) is 29.3. The summed E-state index contributed by atoms with van der Waals surface area (Å²) >= 11 is 0. The molecule has 1 fully saturated rings. The van der Waals surface area contributed by atoms with Crippen LogP contribution in [0.25, 0.3) is 0 Å². The average Bonchev–Trinajstić information content (AvgIpc) is 3.05. The fraction of sp³-hybridized carbons (Fsp3) is 0.838. The van der Waals surface area contributed by atoms with Crippen LogP contribution in [-0.2, 0) is 28.5 Å². The molecule has 10 nitrogen and oxygen atoms in total. The van der Waals surface area contributed by atoms with Gasteiger partial charge in [0.05, 0.1) is 13.2 Å². The number of unbranched alkanes of at least 4 members (excludes halogenated alkanes) is 16. The van der Waals surface area contributed by atoms with Crippen molar-refractivity contribution in [3.63, 3.8) is 0 Å². The molecule has 0 saturated carbocycles. The number of ether oxygens (including phenoxy) is 4. The lowest BCUT2D eigenvalue weighted by Gasteiger charge is -2.39. The minimum absolute atomic E-state index is 0.224. The summed E-state index contributed by atoms with van der Waals surface area (Å²) < 4.78 is 21.2. The van der Waals surface area contributed by atoms with Crippen molar-refractivity contribution in [2.24, 2.45) is 0 Å². The van der Waals surface area contributed by atoms with E-state index in [1.54, 1.807) is 0 Å². The lowest BCUT2D eigenvalue weighted by Crippen LogP contribution is -2.59. The van der Waals surface area contributed by atoms with Crippen LogP contribution in [0.5, 0.6) is 0 Å². The summed E-state index contributed by atoms with van der Waals surface area (Å²) in [5.41, 5.74) is 0. The first-order chi connectivity index (χ1) is 22.8. The summed E-state index contributed by atoms with van der Waals surface area (Å²) in [5.74, 6) is -1.00. The number of esters is 2. The van der Waals surface area contributed by atoms with Crippen LogP contribution >= 0.6 is 0 Å². The molecule has 0 radical (unpaired) electrons. The van der Waals surface area contributed by atoms with Crippen molar-refractivity contribution < 1.29 is 49.0 Å². The maximum atomic E-state index is 12.4. The zero-order valence-electron chi connectivity index (χ0n) is 29.3. The molecule has 0 aromatic rings. The van der Waals surface area contributed by atoms with Gasteiger partial charge in [0.2, 0.25) is 0 Å². The van der Waals surface area contributed by atoms with Gasteiger partial charge in [-0.25, -0.2) is 0 Å². The van der Waals surface area contributed by atoms with E-state index in [0.717, 1.165) is 25.7 Å². The van der Waals surface area contributed by atoms with Crippen LogP contribution in [0.15, 0.2) is 24.3 Å². The lowest BCUT2D eigenvalue weighted by atomic mass is 9.99. The van der Waals surface area contributed by atoms with Crippen LogP contribution in [0.1, 0.15) is 142 Å². The highest BCUT2D eigenvalue weighted by atomic mass is 16.7. The van der Waals surface area contributed by atoms with Gasteiger partial charge in [-0.2, -0.15) is 0 Å². The average molecular weight is 671 g/mol. The maximum absolute atomic E-state index is 12.4. The second-order valence-electron chi connectivity index (χ2n) is 12.8. The highest BCUT2D eigenvalue weighted by molar-refractivity contribution is 5.69. The van der Waals surface area contributed by atoms with Gasteiger partial charge in [-0.15, -0.1) is 0 Å². The summed E-state index contributed by atoms with van der Waals surface area (Å²) in [6.07, 6.45) is 24.3. The quantitative estimate of drug-likeness (QED) is 0.0411. The number of hydrogen-bond acceptors (Lipinski definition) is 10. The number of carbonyl (C=O) groups is 2. The fourth-order valence-electron chi connectivity index (χ4n) is 5.47. The van der Waals surface area contributed by atoms with E-state index in [1.165, 1.54) is 96.8 Å². The Labute approximate surface area is 283 Å². The zero-order chi connectivity index (χ0) is 34.5. The van der Waals surface area contributed by atoms with Gasteiger partial charge in [-0.05, 0) is 38.5 Å². The van der Waals surface area contributed by atoms with Gasteiger partial charge in [0.25, 0.3) is 0 Å². The van der Waals surface area contributed by atoms with Gasteiger partial charge in [-0.3, -0.25) is 9.59 Å². The Kier molecular flexibility index (Phi) is 26.8. The third kappa shape index (κ3) is 22.4. The van der Waals surface area contributed by atoms with E-state index in [1.807, 2.05) is 0 Å². The van der Waals surface area contributed by atoms with Crippen LogP contribution in [0.4, 0.5) is 0 Å². The van der Waals surface area contributed by atoms with E-state index in [-0.39, 0.29) is 19.6 Å². The highest BCUT2D eigenvalue weighted by Gasteiger charge is 2.44. The van der Waals surface area contributed by atoms with Crippen molar-refractivity contribution in [1.29, 1.82) is 0 Å². The van der Waals surface area contributed by atoms with Crippen LogP contribution in [0.3, 0.4) is 0 Å². The number of aliphatic hydroxyl groups excluding tert-OH is 4. The molecule has 10 heteroatoms. The monoisotopic (exact) mass is 670 g/mol. The van der Waals surface area contributed by atoms with Gasteiger partial charge in [0, 0.05) is 13.3 Å². The second kappa shape index (κ2) is 29.1. The lowest BCUT2D eigenvalue weighted by molar-refractivity contribution is -0.305. The van der Waals surface area contributed by atoms with Gasteiger partial charge in [0.15, 0.2) is 12.4 Å². The molecule has 0 aliphatic carbocycles. The number of hydrogen-bond donors (Lipinski definition) is 4. The molecule has 274 valence electrons. The second-order valence-corrected chi connectivity index (χ2v) is 12.8. The van der Waals surface area contributed by atoms with E-state index in [4.69, 9.17) is 18.9 Å². The Morgan fingerprint density at radius 1 is 0.702 bits per heavy atom. The third-order valence-electron chi connectivity index (χ3n) is 8.40. The first-order valence-corrected chi connectivity index (χ1v) is 18.3. The normalized spacial score (nSPS) is 22.2. The molecule has 0 aromatic carbocycles. The van der Waals surface area contributed by atoms with E-state index < -0.39 is 55.4 Å². The predicted octanol–water partition coefficient (Wildman–Crippen LogP) is 6.21. The molecule has 4 N–H and O–H groups in total. The first kappa shape index (κ1) is 43.2. The maximum Gasteiger partial charge on any atom is 0.306 e. The Bertz CT molecular complexity index is 830. The molecule has 6 atom stereocenters. The van der Waals surface area contributed by atoms with Gasteiger partial charge >= 0.3 is 11.9 Å². The topological polar surface area (TPSA) is 152 Å². The number of allylic oxidation sites excluding steroid dienone is 4. The van der Waals surface area contributed by atoms with Crippen LogP contribution in [0, 0.1) is 0 Å². The smallest absolute Gasteiger partial charge is 0.306 e. The van der Waals surface area contributed by atoms with Crippen molar-refractivity contribution in [2.45, 2.75) is 179 Å². The molecule has 1 heterocycles. The Morgan fingerprint density at radius 2 is 1.23 bits per heavy atom. The minimum atomic E-state index is -1.59. The number of rotatable bonds is 29. The first-order valence-electron chi connectivity index (χ1n) is 18.3. The summed E-state index contributed by atoms with van der Waals surface area (Å²) in [6.45, 7) is 2.37. The van der Waals surface area contributed by atoms with Crippen molar-refractivity contribution in [2.75, 3.05) is 19.8 Å². The molecule has 1 aliphatic heterocycles. The van der Waals surface area contributed by atoms with E-state index in [2.05, 4.69) is 31.2 Å². The summed E-state index contributed by atoms with van der Waals surface area (Å²) in [5, 5.41) is 39.3. The SMILES string of the molecule is CCCCCCC/C=C\C/C=C\CCCCCCCCCCCCCC(=O)OC(COC(C)=O)COC1OC(CO)C(O)C(O)C1O. The summed E-state index contributed by atoms with van der Waals surface area (Å²) in [4.78, 5) is 23.7. The number of aliphatic hydroxyl groups is 4. The van der Waals surface area contributed by atoms with E-state index >= 15 is 0 Å². The van der Waals surface area contributed by atoms with Crippen molar-refractivity contribution in [1.82, 2.24) is 0 Å². The number of carbonyl (C=O) groups excluding carboxylic acids is 2. The van der Waals surface area contributed by atoms with Gasteiger partial charge in [0.1, 0.15) is 31.0 Å². The van der Waals surface area contributed by atoms with Gasteiger partial charge in [-0.1, -0.05) is 115 Å². The molecule has 1 aliphatic rings. The summed E-state index contributed by atoms with van der Waals surface area (Å²) in [7, 11) is 0. The summed E-state index contributed by atoms with van der Waals surface area (Å²) in [6, 6.07) is 0. The Hall–Kier alpha value is -1.82. The highest BCUT2D eigenvalue weighted by Crippen LogP contribution is 2.22. The minimum Gasteiger partial charge on any atom is -0.462 e. The van der Waals surface area contributed by atoms with Crippen LogP contribution < -0.4 is 0 Å². The Morgan fingerprint density at radius 3 is 1.77 bits per heavy atom. The molecule has 0 bridgehead atoms. The molecular formula is C37H66O10. The molecule has 1 saturated heterocycles.